The van der Waals surface area contributed by atoms with Crippen LogP contribution in [0.4, 0.5) is 5.69 Å². The summed E-state index contributed by atoms with van der Waals surface area (Å²) in [5.74, 6) is 0.407. The van der Waals surface area contributed by atoms with Crippen molar-refractivity contribution in [2.75, 3.05) is 18.6 Å². The smallest absolute Gasteiger partial charge is 0.264 e. The van der Waals surface area contributed by atoms with E-state index >= 15 is 0 Å². The van der Waals surface area contributed by atoms with Crippen LogP contribution >= 0.6 is 0 Å². The second-order valence-electron chi connectivity index (χ2n) is 4.62. The van der Waals surface area contributed by atoms with Crippen molar-refractivity contribution in [1.82, 2.24) is 0 Å². The van der Waals surface area contributed by atoms with Gasteiger partial charge in [0.2, 0.25) is 0 Å². The van der Waals surface area contributed by atoms with Crippen LogP contribution < -0.4 is 9.64 Å². The van der Waals surface area contributed by atoms with Gasteiger partial charge < -0.3 is 9.64 Å². The van der Waals surface area contributed by atoms with Crippen molar-refractivity contribution in [3.8, 4) is 5.75 Å². The Kier molecular flexibility index (Phi) is 2.99. The fourth-order valence-electron chi connectivity index (χ4n) is 2.17. The lowest BCUT2D eigenvalue weighted by molar-refractivity contribution is -0.120. The average molecular weight is 267 g/mol. The van der Waals surface area contributed by atoms with Crippen LogP contribution in [0.2, 0.25) is 0 Å². The zero-order chi connectivity index (χ0) is 14.1. The van der Waals surface area contributed by atoms with Gasteiger partial charge >= 0.3 is 0 Å². The third kappa shape index (κ3) is 2.05. The van der Waals surface area contributed by atoms with Crippen molar-refractivity contribution >= 4 is 17.4 Å². The van der Waals surface area contributed by atoms with Crippen LogP contribution in [0.5, 0.6) is 5.75 Å². The molecule has 0 N–H and O–H groups in total. The Labute approximate surface area is 116 Å². The first-order valence-electron chi connectivity index (χ1n) is 6.30. The van der Waals surface area contributed by atoms with Gasteiger partial charge in [-0.1, -0.05) is 30.3 Å². The van der Waals surface area contributed by atoms with Crippen LogP contribution in [0.15, 0.2) is 48.5 Å². The largest absolute Gasteiger partial charge is 0.482 e. The van der Waals surface area contributed by atoms with Crippen LogP contribution in [0.25, 0.3) is 0 Å². The van der Waals surface area contributed by atoms with E-state index in [1.54, 1.807) is 37.4 Å². The number of rotatable bonds is 2. The molecule has 1 amide bonds. The first-order valence-corrected chi connectivity index (χ1v) is 6.30. The third-order valence-electron chi connectivity index (χ3n) is 3.34. The Morgan fingerprint density at radius 3 is 2.60 bits per heavy atom. The van der Waals surface area contributed by atoms with Gasteiger partial charge in [-0.2, -0.15) is 0 Å². The third-order valence-corrected chi connectivity index (χ3v) is 3.34. The van der Waals surface area contributed by atoms with Gasteiger partial charge in [0.15, 0.2) is 12.4 Å². The summed E-state index contributed by atoms with van der Waals surface area (Å²) < 4.78 is 5.39. The van der Waals surface area contributed by atoms with Crippen molar-refractivity contribution < 1.29 is 14.3 Å². The standard InChI is InChI=1S/C16H13NO3/c1-17-13-8-7-12(9-14(13)20-10-15(17)18)16(19)11-5-3-2-4-6-11/h2-9H,10H2,1H3. The number of ether oxygens (including phenoxy) is 1. The average Bonchev–Trinajstić information content (AvgIpc) is 2.51. The number of nitrogens with zero attached hydrogens (tertiary/aromatic N) is 1. The molecule has 1 aliphatic heterocycles. The molecule has 0 saturated carbocycles. The minimum atomic E-state index is -0.0976. The fourth-order valence-corrected chi connectivity index (χ4v) is 2.17. The lowest BCUT2D eigenvalue weighted by atomic mass is 10.0. The van der Waals surface area contributed by atoms with E-state index in [1.807, 2.05) is 18.2 Å². The van der Waals surface area contributed by atoms with E-state index in [9.17, 15) is 9.59 Å². The van der Waals surface area contributed by atoms with Gasteiger partial charge in [-0.3, -0.25) is 9.59 Å². The van der Waals surface area contributed by atoms with Crippen molar-refractivity contribution in [2.24, 2.45) is 0 Å². The molecule has 0 atom stereocenters. The summed E-state index contributed by atoms with van der Waals surface area (Å²) in [6.07, 6.45) is 0. The number of carbonyl (C=O) groups excluding carboxylic acids is 2. The second-order valence-corrected chi connectivity index (χ2v) is 4.62. The molecule has 1 heterocycles. The maximum absolute atomic E-state index is 12.3. The number of likely N-dealkylation sites (N-methyl/N-ethyl adjacent to an activating group) is 1. The lowest BCUT2D eigenvalue weighted by Gasteiger charge is -2.26. The fraction of sp³-hybridized carbons (Fsp3) is 0.125. The molecular formula is C16H13NO3. The number of fused-ring (bicyclic) bond motifs is 1. The number of hydrogen-bond donors (Lipinski definition) is 0. The normalized spacial score (nSPS) is 13.7. The molecule has 0 spiro atoms. The molecule has 0 bridgehead atoms. The number of carbonyl (C=O) groups is 2. The van der Waals surface area contributed by atoms with Gasteiger partial charge in [-0.25, -0.2) is 0 Å². The van der Waals surface area contributed by atoms with Crippen molar-refractivity contribution in [3.05, 3.63) is 59.7 Å². The van der Waals surface area contributed by atoms with Crippen LogP contribution in [-0.4, -0.2) is 25.3 Å². The van der Waals surface area contributed by atoms with Crippen molar-refractivity contribution in [2.45, 2.75) is 0 Å². The molecule has 2 aromatic carbocycles. The predicted molar refractivity (Wildman–Crippen MR) is 75.2 cm³/mol. The highest BCUT2D eigenvalue weighted by Gasteiger charge is 2.23. The topological polar surface area (TPSA) is 46.6 Å². The Morgan fingerprint density at radius 1 is 1.10 bits per heavy atom. The molecule has 0 unspecified atom stereocenters. The van der Waals surface area contributed by atoms with E-state index in [2.05, 4.69) is 0 Å². The van der Waals surface area contributed by atoms with Crippen LogP contribution in [0.1, 0.15) is 15.9 Å². The first kappa shape index (κ1) is 12.4. The molecular weight excluding hydrogens is 254 g/mol. The lowest BCUT2D eigenvalue weighted by Crippen LogP contribution is -2.35. The van der Waals surface area contributed by atoms with Gasteiger partial charge in [0, 0.05) is 18.2 Å². The van der Waals surface area contributed by atoms with Gasteiger partial charge in [0.05, 0.1) is 5.69 Å². The van der Waals surface area contributed by atoms with E-state index in [1.165, 1.54) is 4.90 Å². The summed E-state index contributed by atoms with van der Waals surface area (Å²) in [4.78, 5) is 25.4. The van der Waals surface area contributed by atoms with Crippen molar-refractivity contribution in [1.29, 1.82) is 0 Å². The highest BCUT2D eigenvalue weighted by molar-refractivity contribution is 6.10. The van der Waals surface area contributed by atoms with E-state index in [-0.39, 0.29) is 18.3 Å². The number of hydrogen-bond acceptors (Lipinski definition) is 3. The Hall–Kier alpha value is -2.62. The molecule has 0 radical (unpaired) electrons. The van der Waals surface area contributed by atoms with Crippen LogP contribution in [0.3, 0.4) is 0 Å². The molecule has 3 rings (SSSR count). The van der Waals surface area contributed by atoms with Gasteiger partial charge in [0.1, 0.15) is 5.75 Å². The van der Waals surface area contributed by atoms with Crippen LogP contribution in [-0.2, 0) is 4.79 Å². The van der Waals surface area contributed by atoms with Crippen molar-refractivity contribution in [3.63, 3.8) is 0 Å². The molecule has 4 nitrogen and oxygen atoms in total. The second kappa shape index (κ2) is 4.81. The molecule has 1 aliphatic rings. The van der Waals surface area contributed by atoms with E-state index < -0.39 is 0 Å². The quantitative estimate of drug-likeness (QED) is 0.784. The van der Waals surface area contributed by atoms with E-state index in [0.717, 1.165) is 0 Å². The summed E-state index contributed by atoms with van der Waals surface area (Å²) >= 11 is 0. The predicted octanol–water partition coefficient (Wildman–Crippen LogP) is 2.27. The number of benzene rings is 2. The summed E-state index contributed by atoms with van der Waals surface area (Å²) in [6, 6.07) is 14.2. The molecule has 0 fully saturated rings. The van der Waals surface area contributed by atoms with Gasteiger partial charge in [-0.05, 0) is 18.2 Å². The number of amides is 1. The molecule has 4 heteroatoms. The monoisotopic (exact) mass is 267 g/mol. The maximum atomic E-state index is 12.3. The summed E-state index contributed by atoms with van der Waals surface area (Å²) in [6.45, 7) is 0.00643. The summed E-state index contributed by atoms with van der Waals surface area (Å²) in [5.41, 5.74) is 1.87. The molecule has 2 aromatic rings. The summed E-state index contributed by atoms with van der Waals surface area (Å²) in [7, 11) is 1.70. The molecule has 20 heavy (non-hydrogen) atoms. The van der Waals surface area contributed by atoms with E-state index in [0.29, 0.717) is 22.6 Å². The summed E-state index contributed by atoms with van der Waals surface area (Å²) in [5, 5.41) is 0. The Morgan fingerprint density at radius 2 is 1.85 bits per heavy atom. The maximum Gasteiger partial charge on any atom is 0.264 e. The molecule has 0 aliphatic carbocycles. The highest BCUT2D eigenvalue weighted by atomic mass is 16.5. The highest BCUT2D eigenvalue weighted by Crippen LogP contribution is 2.32. The van der Waals surface area contributed by atoms with Gasteiger partial charge in [0.25, 0.3) is 5.91 Å². The molecule has 100 valence electrons. The number of anilines is 1. The SMILES string of the molecule is CN1C(=O)COc2cc(C(=O)c3ccccc3)ccc21. The zero-order valence-corrected chi connectivity index (χ0v) is 11.0. The van der Waals surface area contributed by atoms with Gasteiger partial charge in [-0.15, -0.1) is 0 Å². The Bertz CT molecular complexity index is 679. The zero-order valence-electron chi connectivity index (χ0n) is 11.0. The minimum absolute atomic E-state index is 0.00643. The Balaban J connectivity index is 1.98. The van der Waals surface area contributed by atoms with Crippen LogP contribution in [0, 0.1) is 0 Å². The number of ketones is 1. The molecule has 0 aromatic heterocycles. The van der Waals surface area contributed by atoms with E-state index in [4.69, 9.17) is 4.74 Å². The first-order chi connectivity index (χ1) is 9.66. The minimum Gasteiger partial charge on any atom is -0.482 e. The molecule has 0 saturated heterocycles.